The molecule has 4 nitrogen and oxygen atoms in total. The number of halogens is 1. The van der Waals surface area contributed by atoms with Crippen LogP contribution >= 0.6 is 0 Å². The van der Waals surface area contributed by atoms with Crippen molar-refractivity contribution in [3.8, 4) is 0 Å². The van der Waals surface area contributed by atoms with Crippen molar-refractivity contribution in [2.24, 2.45) is 11.1 Å². The molecule has 6 heteroatoms. The van der Waals surface area contributed by atoms with Crippen molar-refractivity contribution >= 4 is 25.1 Å². The average Bonchev–Trinajstić information content (AvgIpc) is 3.28. The highest BCUT2D eigenvalue weighted by Crippen LogP contribution is 2.53. The first-order chi connectivity index (χ1) is 17.6. The molecule has 0 bridgehead atoms. The van der Waals surface area contributed by atoms with E-state index in [4.69, 9.17) is 11.5 Å². The molecule has 2 aromatic rings. The molecular weight excluding hydrogens is 475 g/mol. The van der Waals surface area contributed by atoms with Gasteiger partial charge >= 0.3 is 0 Å². The maximum atomic E-state index is 15.9. The van der Waals surface area contributed by atoms with Crippen molar-refractivity contribution in [2.45, 2.75) is 76.3 Å². The van der Waals surface area contributed by atoms with E-state index in [1.807, 2.05) is 24.3 Å². The molecule has 2 aromatic carbocycles. The zero-order valence-corrected chi connectivity index (χ0v) is 23.9. The zero-order chi connectivity index (χ0) is 26.4. The van der Waals surface area contributed by atoms with E-state index in [9.17, 15) is 0 Å². The monoisotopic (exact) mass is 518 g/mol. The molecule has 0 amide bonds. The number of hydrogen-bond donors (Lipinski definition) is 2. The number of benzene rings is 2. The Hall–Kier alpha value is -2.73. The molecule has 1 unspecified atom stereocenters. The van der Waals surface area contributed by atoms with Crippen molar-refractivity contribution in [3.05, 3.63) is 77.8 Å². The summed E-state index contributed by atoms with van der Waals surface area (Å²) < 4.78 is 15.9. The van der Waals surface area contributed by atoms with Crippen LogP contribution in [0.15, 0.2) is 66.4 Å². The first-order valence-corrected chi connectivity index (χ1v) is 17.3. The van der Waals surface area contributed by atoms with E-state index < -0.39 is 8.07 Å². The number of rotatable bonds is 5. The van der Waals surface area contributed by atoms with Crippen LogP contribution in [0.5, 0.6) is 0 Å². The fourth-order valence-electron chi connectivity index (χ4n) is 6.87. The molecule has 37 heavy (non-hydrogen) atoms. The number of allylic oxidation sites excluding steroid dienone is 2. The predicted molar refractivity (Wildman–Crippen MR) is 158 cm³/mol. The van der Waals surface area contributed by atoms with Crippen LogP contribution in [-0.4, -0.2) is 27.2 Å². The van der Waals surface area contributed by atoms with Crippen LogP contribution in [0.25, 0.3) is 0 Å². The molecule has 198 valence electrons. The van der Waals surface area contributed by atoms with E-state index in [0.29, 0.717) is 0 Å². The highest BCUT2D eigenvalue weighted by molar-refractivity contribution is 6.77. The standard InChI is InChI=1S/C31H43FN4Si/c1-5-31(23-6-8-24(33)9-7-23)17-14-29(30(2)15-12-25(34)13-16-30)36(31)26-10-11-28(27(32)22-26)35-18-20-37(3,4)21-19-35/h6-13,15,22,29H,5,14,16-21,33-34H2,1-4H3/t29-,30?,31-/m1/s1. The lowest BCUT2D eigenvalue weighted by Gasteiger charge is -2.48. The van der Waals surface area contributed by atoms with Gasteiger partial charge in [-0.2, -0.15) is 0 Å². The molecule has 4 N–H and O–H groups in total. The molecule has 3 atom stereocenters. The van der Waals surface area contributed by atoms with Gasteiger partial charge in [0.15, 0.2) is 0 Å². The molecule has 2 fully saturated rings. The van der Waals surface area contributed by atoms with Gasteiger partial charge in [0, 0.05) is 41.6 Å². The Balaban J connectivity index is 1.56. The van der Waals surface area contributed by atoms with Crippen molar-refractivity contribution in [3.63, 3.8) is 0 Å². The van der Waals surface area contributed by atoms with E-state index in [1.165, 1.54) is 17.7 Å². The van der Waals surface area contributed by atoms with Crippen molar-refractivity contribution < 1.29 is 4.39 Å². The van der Waals surface area contributed by atoms with Gasteiger partial charge < -0.3 is 21.3 Å². The quantitative estimate of drug-likeness (QED) is 0.330. The third-order valence-electron chi connectivity index (χ3n) is 9.50. The molecule has 5 rings (SSSR count). The van der Waals surface area contributed by atoms with Gasteiger partial charge in [-0.25, -0.2) is 4.39 Å². The molecule has 3 aliphatic rings. The molecular formula is C31H43FN4Si. The molecule has 0 aromatic heterocycles. The van der Waals surface area contributed by atoms with Gasteiger partial charge in [-0.3, -0.25) is 0 Å². The Labute approximate surface area is 223 Å². The lowest BCUT2D eigenvalue weighted by atomic mass is 9.75. The third kappa shape index (κ3) is 4.69. The van der Waals surface area contributed by atoms with Gasteiger partial charge in [0.05, 0.1) is 19.3 Å². The first kappa shape index (κ1) is 25.9. The van der Waals surface area contributed by atoms with Crippen LogP contribution < -0.4 is 21.3 Å². The van der Waals surface area contributed by atoms with Crippen LogP contribution in [0.1, 0.15) is 45.1 Å². The van der Waals surface area contributed by atoms with E-state index in [2.05, 4.69) is 67.1 Å². The minimum absolute atomic E-state index is 0.0914. The maximum absolute atomic E-state index is 15.9. The highest BCUT2D eigenvalue weighted by atomic mass is 28.3. The summed E-state index contributed by atoms with van der Waals surface area (Å²) in [4.78, 5) is 4.79. The summed E-state index contributed by atoms with van der Waals surface area (Å²) in [5.74, 6) is -0.111. The van der Waals surface area contributed by atoms with Gasteiger partial charge in [0.25, 0.3) is 0 Å². The Bertz CT molecular complexity index is 1200. The number of anilines is 3. The second kappa shape index (κ2) is 9.54. The maximum Gasteiger partial charge on any atom is 0.148 e. The molecule has 0 saturated carbocycles. The number of nitrogen functional groups attached to an aromatic ring is 1. The van der Waals surface area contributed by atoms with Crippen LogP contribution in [0.4, 0.5) is 21.5 Å². The topological polar surface area (TPSA) is 58.5 Å². The molecule has 2 aliphatic heterocycles. The second-order valence-corrected chi connectivity index (χ2v) is 17.8. The largest absolute Gasteiger partial charge is 0.399 e. The van der Waals surface area contributed by atoms with Gasteiger partial charge in [0.2, 0.25) is 0 Å². The average molecular weight is 519 g/mol. The number of nitrogens with two attached hydrogens (primary N) is 2. The van der Waals surface area contributed by atoms with Crippen molar-refractivity contribution in [1.82, 2.24) is 0 Å². The second-order valence-electron chi connectivity index (χ2n) is 12.5. The van der Waals surface area contributed by atoms with Gasteiger partial charge in [-0.05, 0) is 79.7 Å². The number of hydrogen-bond acceptors (Lipinski definition) is 4. The summed E-state index contributed by atoms with van der Waals surface area (Å²) in [7, 11) is -1.12. The molecule has 2 heterocycles. The Morgan fingerprint density at radius 1 is 1.05 bits per heavy atom. The molecule has 1 aliphatic carbocycles. The van der Waals surface area contributed by atoms with Crippen LogP contribution in [0.2, 0.25) is 25.2 Å². The lowest BCUT2D eigenvalue weighted by molar-refractivity contribution is 0.312. The summed E-state index contributed by atoms with van der Waals surface area (Å²) in [5.41, 5.74) is 16.4. The highest BCUT2D eigenvalue weighted by Gasteiger charge is 2.51. The Morgan fingerprint density at radius 3 is 2.35 bits per heavy atom. The Kier molecular flexibility index (Phi) is 6.67. The third-order valence-corrected chi connectivity index (χ3v) is 12.7. The summed E-state index contributed by atoms with van der Waals surface area (Å²) in [6.07, 6.45) is 10.3. The van der Waals surface area contributed by atoms with E-state index in [-0.39, 0.29) is 22.8 Å². The van der Waals surface area contributed by atoms with Gasteiger partial charge in [-0.1, -0.05) is 51.2 Å². The predicted octanol–water partition coefficient (Wildman–Crippen LogP) is 7.02. The summed E-state index contributed by atoms with van der Waals surface area (Å²) in [6, 6.07) is 17.0. The molecule has 2 saturated heterocycles. The fourth-order valence-corrected chi connectivity index (χ4v) is 8.87. The summed E-state index contributed by atoms with van der Waals surface area (Å²) >= 11 is 0. The summed E-state index contributed by atoms with van der Waals surface area (Å²) in [6.45, 7) is 11.4. The van der Waals surface area contributed by atoms with Crippen molar-refractivity contribution in [1.29, 1.82) is 0 Å². The molecule has 0 spiro atoms. The summed E-state index contributed by atoms with van der Waals surface area (Å²) in [5, 5.41) is 0. The van der Waals surface area contributed by atoms with Gasteiger partial charge in [0.1, 0.15) is 5.82 Å². The fraction of sp³-hybridized carbons (Fsp3) is 0.484. The zero-order valence-electron chi connectivity index (χ0n) is 22.9. The van der Waals surface area contributed by atoms with E-state index in [0.717, 1.165) is 61.5 Å². The van der Waals surface area contributed by atoms with Crippen LogP contribution in [0, 0.1) is 11.2 Å². The first-order valence-electron chi connectivity index (χ1n) is 13.9. The normalized spacial score (nSPS) is 29.4. The SMILES string of the molecule is CC[C@]1(c2ccc(N)cc2)CC[C@H](C2(C)C=CC(N)=CC2)N1c1ccc(N2CC[Si](C)(C)CC2)c(F)c1. The molecule has 0 radical (unpaired) electrons. The lowest BCUT2D eigenvalue weighted by Crippen LogP contribution is -2.51. The minimum atomic E-state index is -1.12. The van der Waals surface area contributed by atoms with Crippen molar-refractivity contribution in [2.75, 3.05) is 28.6 Å². The van der Waals surface area contributed by atoms with E-state index in [1.54, 1.807) is 6.07 Å². The minimum Gasteiger partial charge on any atom is -0.399 e. The van der Waals surface area contributed by atoms with Gasteiger partial charge in [-0.15, -0.1) is 0 Å². The van der Waals surface area contributed by atoms with E-state index >= 15 is 4.39 Å². The Morgan fingerprint density at radius 2 is 1.76 bits per heavy atom. The number of nitrogens with zero attached hydrogens (tertiary/aromatic N) is 2. The van der Waals surface area contributed by atoms with Crippen LogP contribution in [0.3, 0.4) is 0 Å². The van der Waals surface area contributed by atoms with Crippen LogP contribution in [-0.2, 0) is 5.54 Å². The smallest absolute Gasteiger partial charge is 0.148 e.